The van der Waals surface area contributed by atoms with Crippen LogP contribution in [0.3, 0.4) is 0 Å². The van der Waals surface area contributed by atoms with Crippen LogP contribution >= 0.6 is 0 Å². The Morgan fingerprint density at radius 3 is 2.74 bits per heavy atom. The number of carbonyl (C=O) groups excluding carboxylic acids is 2. The Morgan fingerprint density at radius 2 is 2.13 bits per heavy atom. The quantitative estimate of drug-likeness (QED) is 0.928. The van der Waals surface area contributed by atoms with Gasteiger partial charge in [-0.25, -0.2) is 4.79 Å². The number of rotatable bonds is 3. The number of pyridine rings is 1. The van der Waals surface area contributed by atoms with E-state index in [0.717, 1.165) is 12.1 Å². The number of aryl methyl sites for hydroxylation is 1. The van der Waals surface area contributed by atoms with Crippen LogP contribution in [0.25, 0.3) is 0 Å². The van der Waals surface area contributed by atoms with Gasteiger partial charge in [0, 0.05) is 31.5 Å². The summed E-state index contributed by atoms with van der Waals surface area (Å²) in [6, 6.07) is 3.64. The van der Waals surface area contributed by atoms with Gasteiger partial charge in [0.05, 0.1) is 5.56 Å². The zero-order chi connectivity index (χ0) is 17.0. The van der Waals surface area contributed by atoms with Gasteiger partial charge in [0.2, 0.25) is 0 Å². The van der Waals surface area contributed by atoms with Crippen LogP contribution in [0.5, 0.6) is 0 Å². The molecule has 6 heteroatoms. The van der Waals surface area contributed by atoms with Crippen LogP contribution in [0.1, 0.15) is 43.2 Å². The molecule has 1 unspecified atom stereocenters. The summed E-state index contributed by atoms with van der Waals surface area (Å²) in [5.74, 6) is 0.252. The number of nitrogens with one attached hydrogen (secondary N) is 1. The van der Waals surface area contributed by atoms with Crippen molar-refractivity contribution in [1.82, 2.24) is 15.2 Å². The molecule has 1 N–H and O–H groups in total. The van der Waals surface area contributed by atoms with Crippen LogP contribution in [0, 0.1) is 12.8 Å². The summed E-state index contributed by atoms with van der Waals surface area (Å²) in [7, 11) is 0. The van der Waals surface area contributed by atoms with Crippen LogP contribution in [0.15, 0.2) is 18.3 Å². The molecule has 1 saturated heterocycles. The predicted octanol–water partition coefficient (Wildman–Crippen LogP) is 2.38. The Balaban J connectivity index is 1.81. The molecule has 1 aromatic rings. The molecule has 1 aliphatic heterocycles. The summed E-state index contributed by atoms with van der Waals surface area (Å²) in [5.41, 5.74) is 0.999. The number of alkyl carbamates (subject to hydrolysis) is 1. The van der Waals surface area contributed by atoms with Crippen molar-refractivity contribution in [2.24, 2.45) is 5.92 Å². The summed E-state index contributed by atoms with van der Waals surface area (Å²) in [6.45, 7) is 9.25. The van der Waals surface area contributed by atoms with Crippen LogP contribution < -0.4 is 5.32 Å². The fraction of sp³-hybridized carbons (Fsp3) is 0.588. The third-order valence-electron chi connectivity index (χ3n) is 3.67. The lowest BCUT2D eigenvalue weighted by Crippen LogP contribution is -2.36. The molecule has 23 heavy (non-hydrogen) atoms. The predicted molar refractivity (Wildman–Crippen MR) is 87.2 cm³/mol. The highest BCUT2D eigenvalue weighted by atomic mass is 16.6. The second-order valence-corrected chi connectivity index (χ2v) is 6.98. The van der Waals surface area contributed by atoms with Crippen molar-refractivity contribution in [3.63, 3.8) is 0 Å². The largest absolute Gasteiger partial charge is 0.444 e. The second kappa shape index (κ2) is 6.98. The van der Waals surface area contributed by atoms with Crippen LogP contribution in [-0.2, 0) is 4.74 Å². The maximum absolute atomic E-state index is 12.4. The topological polar surface area (TPSA) is 71.5 Å². The monoisotopic (exact) mass is 319 g/mol. The van der Waals surface area contributed by atoms with Crippen molar-refractivity contribution in [2.45, 2.75) is 39.7 Å². The van der Waals surface area contributed by atoms with Crippen molar-refractivity contribution in [1.29, 1.82) is 0 Å². The van der Waals surface area contributed by atoms with E-state index in [1.165, 1.54) is 0 Å². The van der Waals surface area contributed by atoms with E-state index in [2.05, 4.69) is 10.3 Å². The molecule has 6 nitrogen and oxygen atoms in total. The molecule has 1 atom stereocenters. The van der Waals surface area contributed by atoms with Gasteiger partial charge in [0.1, 0.15) is 5.60 Å². The number of carbonyl (C=O) groups is 2. The highest BCUT2D eigenvalue weighted by Gasteiger charge is 2.27. The zero-order valence-electron chi connectivity index (χ0n) is 14.3. The maximum atomic E-state index is 12.4. The van der Waals surface area contributed by atoms with Gasteiger partial charge in [0.25, 0.3) is 5.91 Å². The van der Waals surface area contributed by atoms with E-state index >= 15 is 0 Å². The molecule has 126 valence electrons. The Hall–Kier alpha value is -2.11. The van der Waals surface area contributed by atoms with Crippen molar-refractivity contribution in [2.75, 3.05) is 19.6 Å². The lowest BCUT2D eigenvalue weighted by Gasteiger charge is -2.21. The minimum atomic E-state index is -0.500. The van der Waals surface area contributed by atoms with E-state index in [1.807, 2.05) is 38.7 Å². The summed E-state index contributed by atoms with van der Waals surface area (Å²) < 4.78 is 5.21. The molecule has 2 heterocycles. The van der Waals surface area contributed by atoms with Crippen LogP contribution in [-0.4, -0.2) is 47.1 Å². The fourth-order valence-corrected chi connectivity index (χ4v) is 2.50. The lowest BCUT2D eigenvalue weighted by atomic mass is 10.1. The van der Waals surface area contributed by atoms with Gasteiger partial charge in [-0.05, 0) is 52.2 Å². The Kier molecular flexibility index (Phi) is 5.23. The van der Waals surface area contributed by atoms with E-state index in [4.69, 9.17) is 4.74 Å². The van der Waals surface area contributed by atoms with Gasteiger partial charge >= 0.3 is 6.09 Å². The van der Waals surface area contributed by atoms with Gasteiger partial charge in [-0.15, -0.1) is 0 Å². The summed E-state index contributed by atoms with van der Waals surface area (Å²) in [6.07, 6.45) is 2.08. The molecule has 1 fully saturated rings. The SMILES string of the molecule is Cc1ccc(C(=O)N2CCC(CNC(=O)OC(C)(C)C)C2)cn1. The lowest BCUT2D eigenvalue weighted by molar-refractivity contribution is 0.0520. The molecule has 2 rings (SSSR count). The highest BCUT2D eigenvalue weighted by Crippen LogP contribution is 2.18. The minimum Gasteiger partial charge on any atom is -0.444 e. The van der Waals surface area contributed by atoms with E-state index in [-0.39, 0.29) is 11.8 Å². The van der Waals surface area contributed by atoms with E-state index < -0.39 is 11.7 Å². The minimum absolute atomic E-state index is 0.00253. The molecule has 0 saturated carbocycles. The van der Waals surface area contributed by atoms with Gasteiger partial charge < -0.3 is 15.0 Å². The molecule has 1 aliphatic rings. The molecule has 2 amide bonds. The molecule has 0 aromatic carbocycles. The van der Waals surface area contributed by atoms with E-state index in [9.17, 15) is 9.59 Å². The van der Waals surface area contributed by atoms with Gasteiger partial charge in [-0.3, -0.25) is 9.78 Å². The smallest absolute Gasteiger partial charge is 0.407 e. The number of hydrogen-bond acceptors (Lipinski definition) is 4. The molecule has 0 spiro atoms. The summed E-state index contributed by atoms with van der Waals surface area (Å²) >= 11 is 0. The van der Waals surface area contributed by atoms with Crippen LogP contribution in [0.2, 0.25) is 0 Å². The Labute approximate surface area is 137 Å². The number of nitrogens with zero attached hydrogens (tertiary/aromatic N) is 2. The van der Waals surface area contributed by atoms with Crippen molar-refractivity contribution < 1.29 is 14.3 Å². The molecule has 0 bridgehead atoms. The Bertz CT molecular complexity index is 563. The highest BCUT2D eigenvalue weighted by molar-refractivity contribution is 5.94. The first kappa shape index (κ1) is 17.2. The number of amides is 2. The number of likely N-dealkylation sites (tertiary alicyclic amines) is 1. The normalized spacial score (nSPS) is 17.9. The number of aromatic nitrogens is 1. The van der Waals surface area contributed by atoms with Crippen molar-refractivity contribution >= 4 is 12.0 Å². The third-order valence-corrected chi connectivity index (χ3v) is 3.67. The average Bonchev–Trinajstić information content (AvgIpc) is 2.92. The fourth-order valence-electron chi connectivity index (χ4n) is 2.50. The van der Waals surface area contributed by atoms with Crippen molar-refractivity contribution in [3.8, 4) is 0 Å². The number of hydrogen-bond donors (Lipinski definition) is 1. The standard InChI is InChI=1S/C17H25N3O3/c1-12-5-6-14(10-18-12)15(21)20-8-7-13(11-20)9-19-16(22)23-17(2,3)4/h5-6,10,13H,7-9,11H2,1-4H3,(H,19,22). The first-order valence-corrected chi connectivity index (χ1v) is 7.93. The molecule has 0 radical (unpaired) electrons. The number of ether oxygens (including phenoxy) is 1. The first-order chi connectivity index (χ1) is 10.7. The molecular formula is C17H25N3O3. The summed E-state index contributed by atoms with van der Waals surface area (Å²) in [4.78, 5) is 30.0. The van der Waals surface area contributed by atoms with Crippen molar-refractivity contribution in [3.05, 3.63) is 29.6 Å². The average molecular weight is 319 g/mol. The summed E-state index contributed by atoms with van der Waals surface area (Å²) in [5, 5.41) is 2.78. The first-order valence-electron chi connectivity index (χ1n) is 7.93. The zero-order valence-corrected chi connectivity index (χ0v) is 14.3. The van der Waals surface area contributed by atoms with Gasteiger partial charge in [0.15, 0.2) is 0 Å². The molecule has 0 aliphatic carbocycles. The third kappa shape index (κ3) is 5.23. The van der Waals surface area contributed by atoms with E-state index in [1.54, 1.807) is 12.3 Å². The van der Waals surface area contributed by atoms with E-state index in [0.29, 0.717) is 25.2 Å². The van der Waals surface area contributed by atoms with Gasteiger partial charge in [-0.1, -0.05) is 0 Å². The van der Waals surface area contributed by atoms with Gasteiger partial charge in [-0.2, -0.15) is 0 Å². The Morgan fingerprint density at radius 1 is 1.39 bits per heavy atom. The van der Waals surface area contributed by atoms with Crippen LogP contribution in [0.4, 0.5) is 4.79 Å². The maximum Gasteiger partial charge on any atom is 0.407 e. The molecular weight excluding hydrogens is 294 g/mol. The molecule has 1 aromatic heterocycles. The second-order valence-electron chi connectivity index (χ2n) is 6.98.